The summed E-state index contributed by atoms with van der Waals surface area (Å²) in [5.74, 6) is 0.640. The quantitative estimate of drug-likeness (QED) is 0.480. The molecule has 0 spiro atoms. The van der Waals surface area contributed by atoms with E-state index in [1.807, 2.05) is 6.08 Å². The molecule has 0 unspecified atom stereocenters. The molecule has 0 amide bonds. The zero-order valence-corrected chi connectivity index (χ0v) is 8.37. The van der Waals surface area contributed by atoms with Crippen LogP contribution in [0.3, 0.4) is 0 Å². The zero-order valence-electron chi connectivity index (χ0n) is 8.37. The summed E-state index contributed by atoms with van der Waals surface area (Å²) in [6, 6.07) is -0.121. The molecule has 0 aromatic carbocycles. The van der Waals surface area contributed by atoms with Crippen molar-refractivity contribution in [1.82, 2.24) is 5.32 Å². The summed E-state index contributed by atoms with van der Waals surface area (Å²) in [7, 11) is 1.76. The van der Waals surface area contributed by atoms with E-state index in [1.54, 1.807) is 27.1 Å². The first-order valence-corrected chi connectivity index (χ1v) is 4.20. The Morgan fingerprint density at radius 2 is 2.23 bits per heavy atom. The lowest BCUT2D eigenvalue weighted by atomic mass is 10.1. The van der Waals surface area contributed by atoms with Gasteiger partial charge in [0.15, 0.2) is 0 Å². The molecule has 0 rings (SSSR count). The molecule has 0 bridgehead atoms. The molecule has 3 N–H and O–H groups in total. The van der Waals surface area contributed by atoms with Crippen LogP contribution in [0.1, 0.15) is 20.3 Å². The molecule has 4 nitrogen and oxygen atoms in total. The summed E-state index contributed by atoms with van der Waals surface area (Å²) < 4.78 is 0. The average molecular weight is 183 g/mol. The highest BCUT2D eigenvalue weighted by atomic mass is 16.1. The van der Waals surface area contributed by atoms with E-state index in [2.05, 4.69) is 10.3 Å². The minimum atomic E-state index is -0.121. The summed E-state index contributed by atoms with van der Waals surface area (Å²) in [6.45, 7) is 3.28. The number of amidine groups is 1. The maximum atomic E-state index is 10.9. The van der Waals surface area contributed by atoms with Crippen molar-refractivity contribution >= 4 is 11.6 Å². The van der Waals surface area contributed by atoms with E-state index in [0.717, 1.165) is 0 Å². The van der Waals surface area contributed by atoms with E-state index in [9.17, 15) is 4.79 Å². The van der Waals surface area contributed by atoms with Crippen molar-refractivity contribution in [3.63, 3.8) is 0 Å². The Morgan fingerprint density at radius 3 is 2.62 bits per heavy atom. The fourth-order valence-electron chi connectivity index (χ4n) is 0.854. The van der Waals surface area contributed by atoms with Gasteiger partial charge >= 0.3 is 0 Å². The molecule has 1 atom stereocenters. The molecular weight excluding hydrogens is 166 g/mol. The molecule has 0 aliphatic rings. The SMILES string of the molecule is CN[C@@H](C/C=C/N=C(C)N)C(C)=O. The van der Waals surface area contributed by atoms with Gasteiger partial charge in [0.25, 0.3) is 0 Å². The van der Waals surface area contributed by atoms with Crippen LogP contribution in [-0.4, -0.2) is 24.7 Å². The highest BCUT2D eigenvalue weighted by molar-refractivity contribution is 5.81. The molecule has 0 saturated carbocycles. The lowest BCUT2D eigenvalue weighted by molar-refractivity contribution is -0.118. The molecule has 0 aliphatic heterocycles. The van der Waals surface area contributed by atoms with Crippen LogP contribution in [0.4, 0.5) is 0 Å². The van der Waals surface area contributed by atoms with Crippen LogP contribution < -0.4 is 11.1 Å². The monoisotopic (exact) mass is 183 g/mol. The normalized spacial score (nSPS) is 14.8. The van der Waals surface area contributed by atoms with E-state index < -0.39 is 0 Å². The minimum absolute atomic E-state index is 0.121. The molecule has 4 heteroatoms. The lowest BCUT2D eigenvalue weighted by Crippen LogP contribution is -2.31. The average Bonchev–Trinajstić information content (AvgIpc) is 2.03. The van der Waals surface area contributed by atoms with Gasteiger partial charge in [-0.1, -0.05) is 6.08 Å². The van der Waals surface area contributed by atoms with Gasteiger partial charge in [0.05, 0.1) is 11.9 Å². The molecular formula is C9H17N3O. The first-order valence-electron chi connectivity index (χ1n) is 4.20. The van der Waals surface area contributed by atoms with E-state index in [4.69, 9.17) is 5.73 Å². The number of carbonyl (C=O) groups is 1. The number of hydrogen-bond donors (Lipinski definition) is 2. The van der Waals surface area contributed by atoms with Crippen LogP contribution in [0.2, 0.25) is 0 Å². The van der Waals surface area contributed by atoms with Crippen LogP contribution in [0.25, 0.3) is 0 Å². The third-order valence-corrected chi connectivity index (χ3v) is 1.59. The Morgan fingerprint density at radius 1 is 1.62 bits per heavy atom. The second-order valence-electron chi connectivity index (χ2n) is 2.84. The second-order valence-corrected chi connectivity index (χ2v) is 2.84. The van der Waals surface area contributed by atoms with Gasteiger partial charge in [-0.2, -0.15) is 0 Å². The number of nitrogens with zero attached hydrogens (tertiary/aromatic N) is 1. The number of ketones is 1. The summed E-state index contributed by atoms with van der Waals surface area (Å²) in [4.78, 5) is 14.8. The Kier molecular flexibility index (Phi) is 5.80. The van der Waals surface area contributed by atoms with Gasteiger partial charge in [0.2, 0.25) is 0 Å². The van der Waals surface area contributed by atoms with Crippen molar-refractivity contribution in [3.8, 4) is 0 Å². The molecule has 0 heterocycles. The van der Waals surface area contributed by atoms with Gasteiger partial charge in [0.1, 0.15) is 5.78 Å². The topological polar surface area (TPSA) is 67.5 Å². The number of hydrogen-bond acceptors (Lipinski definition) is 3. The number of rotatable bonds is 5. The zero-order chi connectivity index (χ0) is 10.3. The molecule has 0 aliphatic carbocycles. The predicted molar refractivity (Wildman–Crippen MR) is 54.6 cm³/mol. The van der Waals surface area contributed by atoms with E-state index in [1.165, 1.54) is 0 Å². The van der Waals surface area contributed by atoms with Gasteiger partial charge in [-0.3, -0.25) is 4.79 Å². The number of likely N-dealkylation sites (N-methyl/N-ethyl adjacent to an activating group) is 1. The second kappa shape index (κ2) is 6.37. The summed E-state index contributed by atoms with van der Waals surface area (Å²) in [6.07, 6.45) is 4.07. The lowest BCUT2D eigenvalue weighted by Gasteiger charge is -2.08. The van der Waals surface area contributed by atoms with E-state index >= 15 is 0 Å². The van der Waals surface area contributed by atoms with Crippen molar-refractivity contribution in [2.45, 2.75) is 26.3 Å². The third-order valence-electron chi connectivity index (χ3n) is 1.59. The maximum absolute atomic E-state index is 10.9. The van der Waals surface area contributed by atoms with Crippen molar-refractivity contribution in [2.75, 3.05) is 7.05 Å². The van der Waals surface area contributed by atoms with Crippen LogP contribution in [0, 0.1) is 0 Å². The number of carbonyl (C=O) groups excluding carboxylic acids is 1. The number of Topliss-reactive ketones (excluding diaryl/α,β-unsaturated/α-hetero) is 1. The third kappa shape index (κ3) is 6.04. The van der Waals surface area contributed by atoms with Crippen molar-refractivity contribution in [2.24, 2.45) is 10.7 Å². The number of nitrogens with two attached hydrogens (primary N) is 1. The van der Waals surface area contributed by atoms with Crippen LogP contribution in [-0.2, 0) is 4.79 Å². The summed E-state index contributed by atoms with van der Waals surface area (Å²) >= 11 is 0. The molecule has 0 radical (unpaired) electrons. The molecule has 0 aromatic rings. The van der Waals surface area contributed by atoms with Gasteiger partial charge < -0.3 is 11.1 Å². The van der Waals surface area contributed by atoms with Crippen molar-refractivity contribution < 1.29 is 4.79 Å². The highest BCUT2D eigenvalue weighted by Crippen LogP contribution is 1.94. The van der Waals surface area contributed by atoms with Gasteiger partial charge in [-0.25, -0.2) is 4.99 Å². The first-order chi connectivity index (χ1) is 6.07. The van der Waals surface area contributed by atoms with E-state index in [-0.39, 0.29) is 11.8 Å². The molecule has 0 aromatic heterocycles. The van der Waals surface area contributed by atoms with Crippen molar-refractivity contribution in [1.29, 1.82) is 0 Å². The van der Waals surface area contributed by atoms with Crippen LogP contribution in [0.15, 0.2) is 17.3 Å². The van der Waals surface area contributed by atoms with Gasteiger partial charge in [-0.05, 0) is 27.3 Å². The molecule has 13 heavy (non-hydrogen) atoms. The largest absolute Gasteiger partial charge is 0.387 e. The smallest absolute Gasteiger partial charge is 0.146 e. The summed E-state index contributed by atoms with van der Waals surface area (Å²) in [5, 5.41) is 2.91. The fraction of sp³-hybridized carbons (Fsp3) is 0.556. The van der Waals surface area contributed by atoms with E-state index in [0.29, 0.717) is 12.3 Å². The highest BCUT2D eigenvalue weighted by Gasteiger charge is 2.07. The van der Waals surface area contributed by atoms with Crippen molar-refractivity contribution in [3.05, 3.63) is 12.3 Å². The predicted octanol–water partition coefficient (Wildman–Crippen LogP) is 0.444. The van der Waals surface area contributed by atoms with Gasteiger partial charge in [-0.15, -0.1) is 0 Å². The summed E-state index contributed by atoms with van der Waals surface area (Å²) in [5.41, 5.74) is 5.32. The fourth-order valence-corrected chi connectivity index (χ4v) is 0.854. The molecule has 0 fully saturated rings. The number of nitrogens with one attached hydrogen (secondary N) is 1. The van der Waals surface area contributed by atoms with Gasteiger partial charge in [0, 0.05) is 6.20 Å². The Hall–Kier alpha value is -1.16. The Labute approximate surface area is 78.9 Å². The first kappa shape index (κ1) is 11.8. The van der Waals surface area contributed by atoms with Crippen LogP contribution in [0.5, 0.6) is 0 Å². The Bertz CT molecular complexity index is 217. The standard InChI is InChI=1S/C9H17N3O/c1-7(13)9(11-3)5-4-6-12-8(2)10/h4,6,9,11H,5H2,1-3H3,(H2,10,12)/b6-4+/t9-/m0/s1. The van der Waals surface area contributed by atoms with Crippen LogP contribution >= 0.6 is 0 Å². The minimum Gasteiger partial charge on any atom is -0.387 e. The molecule has 0 saturated heterocycles. The Balaban J connectivity index is 3.92. The molecule has 74 valence electrons. The maximum Gasteiger partial charge on any atom is 0.146 e. The number of aliphatic imine (C=N–C) groups is 1.